The second kappa shape index (κ2) is 8.55. The normalized spacial score (nSPS) is 10.6. The van der Waals surface area contributed by atoms with Crippen LogP contribution in [-0.4, -0.2) is 25.9 Å². The van der Waals surface area contributed by atoms with Gasteiger partial charge in [-0.15, -0.1) is 0 Å². The molecule has 2 aromatic carbocycles. The molecule has 0 aromatic heterocycles. The van der Waals surface area contributed by atoms with Gasteiger partial charge in [0.05, 0.1) is 0 Å². The van der Waals surface area contributed by atoms with E-state index in [1.807, 2.05) is 25.1 Å². The van der Waals surface area contributed by atoms with Gasteiger partial charge < -0.3 is 4.90 Å². The second-order valence-electron chi connectivity index (χ2n) is 5.39. The minimum Gasteiger partial charge on any atom is -0.378 e. The Balaban J connectivity index is 1.95. The van der Waals surface area contributed by atoms with Gasteiger partial charge in [0.2, 0.25) is 0 Å². The summed E-state index contributed by atoms with van der Waals surface area (Å²) in [5, 5.41) is 0.983. The molecule has 2 rings (SSSR count). The quantitative estimate of drug-likeness (QED) is 0.632. The van der Waals surface area contributed by atoms with Crippen LogP contribution in [0.3, 0.4) is 0 Å². The Morgan fingerprint density at radius 2 is 1.80 bits per heavy atom. The third kappa shape index (κ3) is 5.52. The molecule has 2 amide bonds. The van der Waals surface area contributed by atoms with Crippen LogP contribution in [0, 0.1) is 0 Å². The topological polar surface area (TPSA) is 61.4 Å². The summed E-state index contributed by atoms with van der Waals surface area (Å²) in [7, 11) is 3.76. The van der Waals surface area contributed by atoms with E-state index in [2.05, 4.69) is 10.9 Å². The largest absolute Gasteiger partial charge is 0.378 e. The lowest BCUT2D eigenvalue weighted by molar-refractivity contribution is -0.117. The van der Waals surface area contributed by atoms with E-state index in [0.717, 1.165) is 5.69 Å². The van der Waals surface area contributed by atoms with E-state index in [4.69, 9.17) is 23.2 Å². The van der Waals surface area contributed by atoms with E-state index >= 15 is 0 Å². The number of anilines is 1. The van der Waals surface area contributed by atoms with Gasteiger partial charge in [0.1, 0.15) is 0 Å². The molecule has 0 spiro atoms. The molecule has 0 saturated heterocycles. The van der Waals surface area contributed by atoms with Crippen molar-refractivity contribution in [1.29, 1.82) is 0 Å². The van der Waals surface area contributed by atoms with Gasteiger partial charge in [-0.3, -0.25) is 20.4 Å². The monoisotopic (exact) mass is 377 g/mol. The molecule has 0 atom stereocenters. The molecule has 0 bridgehead atoms. The average Bonchev–Trinajstić information content (AvgIpc) is 2.60. The Hall–Kier alpha value is -2.50. The number of nitrogens with zero attached hydrogens (tertiary/aromatic N) is 1. The fourth-order valence-corrected chi connectivity index (χ4v) is 2.33. The highest BCUT2D eigenvalue weighted by atomic mass is 35.5. The van der Waals surface area contributed by atoms with Gasteiger partial charge in [-0.05, 0) is 48.0 Å². The first-order valence-corrected chi connectivity index (χ1v) is 8.13. The number of hydrogen-bond donors (Lipinski definition) is 2. The summed E-state index contributed by atoms with van der Waals surface area (Å²) < 4.78 is 0. The first kappa shape index (κ1) is 18.8. The average molecular weight is 378 g/mol. The Morgan fingerprint density at radius 1 is 1.04 bits per heavy atom. The van der Waals surface area contributed by atoms with Crippen molar-refractivity contribution in [2.75, 3.05) is 19.0 Å². The van der Waals surface area contributed by atoms with E-state index in [-0.39, 0.29) is 0 Å². The highest BCUT2D eigenvalue weighted by Crippen LogP contribution is 2.21. The third-order valence-electron chi connectivity index (χ3n) is 3.30. The van der Waals surface area contributed by atoms with Crippen molar-refractivity contribution < 1.29 is 9.59 Å². The lowest BCUT2D eigenvalue weighted by atomic mass is 10.2. The molecule has 2 aromatic rings. The van der Waals surface area contributed by atoms with Crippen LogP contribution in [0.25, 0.3) is 6.08 Å². The number of carbonyl (C=O) groups excluding carboxylic acids is 2. The standard InChI is InChI=1S/C18H17Cl2N3O2/c1-23(2)15-5-3-4-13(11-15)18(25)22-21-17(24)9-6-12-10-14(19)7-8-16(12)20/h3-11H,1-2H3,(H,21,24)(H,22,25)/b9-6+. The van der Waals surface area contributed by atoms with Crippen LogP contribution >= 0.6 is 23.2 Å². The number of halogens is 2. The van der Waals surface area contributed by atoms with E-state index < -0.39 is 11.8 Å². The fourth-order valence-electron chi connectivity index (χ4n) is 1.97. The molecule has 5 nitrogen and oxygen atoms in total. The van der Waals surface area contributed by atoms with Crippen molar-refractivity contribution in [3.63, 3.8) is 0 Å². The van der Waals surface area contributed by atoms with Crippen molar-refractivity contribution in [2.24, 2.45) is 0 Å². The summed E-state index contributed by atoms with van der Waals surface area (Å²) >= 11 is 11.9. The molecule has 0 aliphatic heterocycles. The molecule has 25 heavy (non-hydrogen) atoms. The zero-order valence-corrected chi connectivity index (χ0v) is 15.2. The minimum absolute atomic E-state index is 0.411. The Morgan fingerprint density at radius 3 is 2.52 bits per heavy atom. The molecule has 2 N–H and O–H groups in total. The van der Waals surface area contributed by atoms with E-state index in [0.29, 0.717) is 21.2 Å². The van der Waals surface area contributed by atoms with Gasteiger partial charge in [-0.1, -0.05) is 29.3 Å². The van der Waals surface area contributed by atoms with Crippen molar-refractivity contribution >= 4 is 46.8 Å². The van der Waals surface area contributed by atoms with Crippen LogP contribution in [0.15, 0.2) is 48.5 Å². The van der Waals surface area contributed by atoms with Crippen LogP contribution in [0.4, 0.5) is 5.69 Å². The molecule has 0 aliphatic carbocycles. The second-order valence-corrected chi connectivity index (χ2v) is 6.23. The Labute approximate surface area is 156 Å². The summed E-state index contributed by atoms with van der Waals surface area (Å²) in [5.74, 6) is -0.903. The number of amides is 2. The van der Waals surface area contributed by atoms with Crippen LogP contribution in [0.2, 0.25) is 10.0 Å². The van der Waals surface area contributed by atoms with Crippen LogP contribution in [0.1, 0.15) is 15.9 Å². The maximum absolute atomic E-state index is 12.1. The van der Waals surface area contributed by atoms with Crippen molar-refractivity contribution in [2.45, 2.75) is 0 Å². The molecule has 0 unspecified atom stereocenters. The van der Waals surface area contributed by atoms with E-state index in [1.54, 1.807) is 36.4 Å². The first-order chi connectivity index (χ1) is 11.9. The molecule has 0 aliphatic rings. The van der Waals surface area contributed by atoms with Crippen LogP contribution in [0.5, 0.6) is 0 Å². The molecular formula is C18H17Cl2N3O2. The number of rotatable bonds is 4. The lowest BCUT2D eigenvalue weighted by Crippen LogP contribution is -2.40. The van der Waals surface area contributed by atoms with Crippen molar-refractivity contribution in [3.05, 3.63) is 69.7 Å². The Bertz CT molecular complexity index is 820. The number of hydrogen-bond acceptors (Lipinski definition) is 3. The summed E-state index contributed by atoms with van der Waals surface area (Å²) in [4.78, 5) is 25.8. The SMILES string of the molecule is CN(C)c1cccc(C(=O)NNC(=O)/C=C/c2cc(Cl)ccc2Cl)c1. The lowest BCUT2D eigenvalue weighted by Gasteiger charge is -2.13. The Kier molecular flexibility index (Phi) is 6.44. The number of hydrazine groups is 1. The van der Waals surface area contributed by atoms with E-state index in [9.17, 15) is 9.59 Å². The van der Waals surface area contributed by atoms with Gasteiger partial charge >= 0.3 is 0 Å². The summed E-state index contributed by atoms with van der Waals surface area (Å²) in [6.45, 7) is 0. The highest BCUT2D eigenvalue weighted by Gasteiger charge is 2.07. The summed E-state index contributed by atoms with van der Waals surface area (Å²) in [5.41, 5.74) is 6.61. The molecule has 130 valence electrons. The molecule has 0 saturated carbocycles. The van der Waals surface area contributed by atoms with Crippen LogP contribution in [-0.2, 0) is 4.79 Å². The molecule has 7 heteroatoms. The van der Waals surface area contributed by atoms with Gasteiger partial charge in [-0.2, -0.15) is 0 Å². The first-order valence-electron chi connectivity index (χ1n) is 7.37. The van der Waals surface area contributed by atoms with Gasteiger partial charge in [0.15, 0.2) is 0 Å². The highest BCUT2D eigenvalue weighted by molar-refractivity contribution is 6.34. The predicted molar refractivity (Wildman–Crippen MR) is 102 cm³/mol. The van der Waals surface area contributed by atoms with Crippen LogP contribution < -0.4 is 15.8 Å². The molecular weight excluding hydrogens is 361 g/mol. The minimum atomic E-state index is -0.492. The number of carbonyl (C=O) groups is 2. The van der Waals surface area contributed by atoms with Crippen molar-refractivity contribution in [3.8, 4) is 0 Å². The fraction of sp³-hybridized carbons (Fsp3) is 0.111. The molecule has 0 fully saturated rings. The van der Waals surface area contributed by atoms with Gasteiger partial charge in [0, 0.05) is 41.5 Å². The maximum Gasteiger partial charge on any atom is 0.269 e. The zero-order valence-electron chi connectivity index (χ0n) is 13.7. The zero-order chi connectivity index (χ0) is 18.4. The third-order valence-corrected chi connectivity index (χ3v) is 3.88. The number of nitrogens with one attached hydrogen (secondary N) is 2. The summed E-state index contributed by atoms with van der Waals surface area (Å²) in [6, 6.07) is 12.0. The van der Waals surface area contributed by atoms with E-state index in [1.165, 1.54) is 12.2 Å². The van der Waals surface area contributed by atoms with Gasteiger partial charge in [-0.25, -0.2) is 0 Å². The van der Waals surface area contributed by atoms with Crippen molar-refractivity contribution in [1.82, 2.24) is 10.9 Å². The van der Waals surface area contributed by atoms with Gasteiger partial charge in [0.25, 0.3) is 11.8 Å². The molecule has 0 radical (unpaired) electrons. The summed E-state index contributed by atoms with van der Waals surface area (Å²) in [6.07, 6.45) is 2.77. The smallest absolute Gasteiger partial charge is 0.269 e. The molecule has 0 heterocycles. The predicted octanol–water partition coefficient (Wildman–Crippen LogP) is 3.53. The maximum atomic E-state index is 12.1. The number of benzene rings is 2.